The van der Waals surface area contributed by atoms with Gasteiger partial charge in [-0.2, -0.15) is 0 Å². The SMILES string of the molecule is CCOCCNCCN1CC(C)(C)OC(C)(C)C1. The van der Waals surface area contributed by atoms with Gasteiger partial charge in [0.15, 0.2) is 0 Å². The van der Waals surface area contributed by atoms with Crippen LogP contribution in [0.5, 0.6) is 0 Å². The summed E-state index contributed by atoms with van der Waals surface area (Å²) < 4.78 is 11.4. The predicted octanol–water partition coefficient (Wildman–Crippen LogP) is 1.50. The van der Waals surface area contributed by atoms with E-state index in [0.29, 0.717) is 0 Å². The molecule has 4 nitrogen and oxygen atoms in total. The molecule has 1 rings (SSSR count). The van der Waals surface area contributed by atoms with Crippen molar-refractivity contribution in [3.05, 3.63) is 0 Å². The van der Waals surface area contributed by atoms with Gasteiger partial charge in [-0.15, -0.1) is 0 Å². The van der Waals surface area contributed by atoms with Gasteiger partial charge < -0.3 is 14.8 Å². The van der Waals surface area contributed by atoms with Gasteiger partial charge in [0.25, 0.3) is 0 Å². The number of morpholine rings is 1. The molecule has 0 atom stereocenters. The summed E-state index contributed by atoms with van der Waals surface area (Å²) in [5.41, 5.74) is -0.0971. The minimum absolute atomic E-state index is 0.0485. The van der Waals surface area contributed by atoms with Gasteiger partial charge >= 0.3 is 0 Å². The van der Waals surface area contributed by atoms with Crippen molar-refractivity contribution in [2.45, 2.75) is 45.8 Å². The van der Waals surface area contributed by atoms with E-state index in [1.807, 2.05) is 6.92 Å². The first kappa shape index (κ1) is 15.9. The van der Waals surface area contributed by atoms with Crippen molar-refractivity contribution in [1.82, 2.24) is 10.2 Å². The summed E-state index contributed by atoms with van der Waals surface area (Å²) in [5.74, 6) is 0. The predicted molar refractivity (Wildman–Crippen MR) is 75.0 cm³/mol. The first-order valence-electron chi connectivity index (χ1n) is 7.06. The molecule has 0 radical (unpaired) electrons. The quantitative estimate of drug-likeness (QED) is 0.702. The molecular weight excluding hydrogens is 228 g/mol. The van der Waals surface area contributed by atoms with E-state index in [-0.39, 0.29) is 11.2 Å². The fourth-order valence-corrected chi connectivity index (χ4v) is 2.75. The van der Waals surface area contributed by atoms with Crippen molar-refractivity contribution in [2.24, 2.45) is 0 Å². The zero-order valence-corrected chi connectivity index (χ0v) is 12.7. The smallest absolute Gasteiger partial charge is 0.0760 e. The zero-order valence-electron chi connectivity index (χ0n) is 12.7. The average molecular weight is 258 g/mol. The standard InChI is InChI=1S/C14H30N2O2/c1-6-17-10-8-15-7-9-16-11-13(2,3)18-14(4,5)12-16/h15H,6-12H2,1-5H3. The van der Waals surface area contributed by atoms with Gasteiger partial charge in [-0.1, -0.05) is 0 Å². The van der Waals surface area contributed by atoms with Crippen LogP contribution in [-0.2, 0) is 9.47 Å². The molecule has 0 unspecified atom stereocenters. The lowest BCUT2D eigenvalue weighted by molar-refractivity contribution is -0.180. The van der Waals surface area contributed by atoms with Gasteiger partial charge in [0.1, 0.15) is 0 Å². The molecule has 0 aliphatic carbocycles. The van der Waals surface area contributed by atoms with E-state index in [0.717, 1.165) is 45.9 Å². The van der Waals surface area contributed by atoms with Crippen molar-refractivity contribution < 1.29 is 9.47 Å². The van der Waals surface area contributed by atoms with Crippen LogP contribution >= 0.6 is 0 Å². The van der Waals surface area contributed by atoms with Gasteiger partial charge in [0, 0.05) is 39.3 Å². The molecule has 108 valence electrons. The molecule has 1 heterocycles. The zero-order chi connectivity index (χ0) is 13.6. The van der Waals surface area contributed by atoms with Crippen molar-refractivity contribution in [2.75, 3.05) is 45.9 Å². The van der Waals surface area contributed by atoms with Gasteiger partial charge in [0.2, 0.25) is 0 Å². The summed E-state index contributed by atoms with van der Waals surface area (Å²) in [6.07, 6.45) is 0. The molecule has 1 saturated heterocycles. The first-order valence-corrected chi connectivity index (χ1v) is 7.06. The molecule has 0 spiro atoms. The third kappa shape index (κ3) is 6.14. The fourth-order valence-electron chi connectivity index (χ4n) is 2.75. The summed E-state index contributed by atoms with van der Waals surface area (Å²) in [6.45, 7) is 17.3. The number of hydrogen-bond acceptors (Lipinski definition) is 4. The van der Waals surface area contributed by atoms with Crippen LogP contribution in [0.1, 0.15) is 34.6 Å². The summed E-state index contributed by atoms with van der Waals surface area (Å²) in [4.78, 5) is 2.48. The first-order chi connectivity index (χ1) is 8.35. The summed E-state index contributed by atoms with van der Waals surface area (Å²) in [5, 5.41) is 3.41. The number of hydrogen-bond donors (Lipinski definition) is 1. The van der Waals surface area contributed by atoms with Crippen LogP contribution in [-0.4, -0.2) is 62.0 Å². The summed E-state index contributed by atoms with van der Waals surface area (Å²) in [7, 11) is 0. The third-order valence-electron chi connectivity index (χ3n) is 2.99. The van der Waals surface area contributed by atoms with E-state index in [9.17, 15) is 0 Å². The van der Waals surface area contributed by atoms with Gasteiger partial charge in [-0.3, -0.25) is 4.90 Å². The number of rotatable bonds is 7. The molecule has 0 amide bonds. The largest absolute Gasteiger partial charge is 0.380 e. The van der Waals surface area contributed by atoms with Crippen LogP contribution in [0.15, 0.2) is 0 Å². The molecule has 0 saturated carbocycles. The monoisotopic (exact) mass is 258 g/mol. The van der Waals surface area contributed by atoms with Crippen molar-refractivity contribution in [1.29, 1.82) is 0 Å². The highest BCUT2D eigenvalue weighted by Crippen LogP contribution is 2.27. The van der Waals surface area contributed by atoms with Crippen LogP contribution in [0.3, 0.4) is 0 Å². The third-order valence-corrected chi connectivity index (χ3v) is 2.99. The topological polar surface area (TPSA) is 33.7 Å². The van der Waals surface area contributed by atoms with E-state index in [1.54, 1.807) is 0 Å². The Hall–Kier alpha value is -0.160. The van der Waals surface area contributed by atoms with Crippen molar-refractivity contribution in [3.8, 4) is 0 Å². The minimum atomic E-state index is -0.0485. The van der Waals surface area contributed by atoms with E-state index in [2.05, 4.69) is 37.9 Å². The molecule has 0 aromatic rings. The molecular formula is C14H30N2O2. The lowest BCUT2D eigenvalue weighted by atomic mass is 9.99. The Morgan fingerprint density at radius 3 is 2.28 bits per heavy atom. The Labute approximate surface area is 112 Å². The van der Waals surface area contributed by atoms with Crippen molar-refractivity contribution in [3.63, 3.8) is 0 Å². The second kappa shape index (κ2) is 6.85. The van der Waals surface area contributed by atoms with E-state index in [4.69, 9.17) is 9.47 Å². The molecule has 1 aliphatic heterocycles. The molecule has 4 heteroatoms. The Kier molecular flexibility index (Phi) is 6.05. The molecule has 1 fully saturated rings. The molecule has 0 aromatic carbocycles. The maximum atomic E-state index is 6.07. The lowest BCUT2D eigenvalue weighted by Crippen LogP contribution is -2.58. The van der Waals surface area contributed by atoms with Gasteiger partial charge in [-0.05, 0) is 34.6 Å². The van der Waals surface area contributed by atoms with E-state index in [1.165, 1.54) is 0 Å². The van der Waals surface area contributed by atoms with Crippen LogP contribution in [0.4, 0.5) is 0 Å². The van der Waals surface area contributed by atoms with Crippen LogP contribution in [0.2, 0.25) is 0 Å². The minimum Gasteiger partial charge on any atom is -0.380 e. The van der Waals surface area contributed by atoms with Crippen molar-refractivity contribution >= 4 is 0 Å². The fraction of sp³-hybridized carbons (Fsp3) is 1.00. The maximum Gasteiger partial charge on any atom is 0.0760 e. The molecule has 1 aliphatic rings. The Bertz CT molecular complexity index is 226. The van der Waals surface area contributed by atoms with Gasteiger partial charge in [0.05, 0.1) is 17.8 Å². The highest BCUT2D eigenvalue weighted by Gasteiger charge is 2.37. The molecule has 1 N–H and O–H groups in total. The number of ether oxygens (including phenoxy) is 2. The highest BCUT2D eigenvalue weighted by molar-refractivity contribution is 4.89. The maximum absolute atomic E-state index is 6.07. The summed E-state index contributed by atoms with van der Waals surface area (Å²) >= 11 is 0. The van der Waals surface area contributed by atoms with Crippen LogP contribution in [0.25, 0.3) is 0 Å². The molecule has 18 heavy (non-hydrogen) atoms. The van der Waals surface area contributed by atoms with E-state index >= 15 is 0 Å². The average Bonchev–Trinajstić information content (AvgIpc) is 2.18. The lowest BCUT2D eigenvalue weighted by Gasteiger charge is -2.47. The highest BCUT2D eigenvalue weighted by atomic mass is 16.5. The van der Waals surface area contributed by atoms with Crippen LogP contribution in [0, 0.1) is 0 Å². The van der Waals surface area contributed by atoms with E-state index < -0.39 is 0 Å². The summed E-state index contributed by atoms with van der Waals surface area (Å²) in [6, 6.07) is 0. The number of nitrogens with one attached hydrogen (secondary N) is 1. The Balaban J connectivity index is 2.21. The van der Waals surface area contributed by atoms with Gasteiger partial charge in [-0.25, -0.2) is 0 Å². The normalized spacial score (nSPS) is 23.2. The second-order valence-corrected chi connectivity index (χ2v) is 6.28. The molecule has 0 bridgehead atoms. The number of nitrogens with zero attached hydrogens (tertiary/aromatic N) is 1. The van der Waals surface area contributed by atoms with Crippen LogP contribution < -0.4 is 5.32 Å². The second-order valence-electron chi connectivity index (χ2n) is 6.28. The Morgan fingerprint density at radius 2 is 1.72 bits per heavy atom. The Morgan fingerprint density at radius 1 is 1.11 bits per heavy atom. The molecule has 0 aromatic heterocycles.